The highest BCUT2D eigenvalue weighted by atomic mass is 16.3. The maximum atomic E-state index is 12.8. The van der Waals surface area contributed by atoms with E-state index in [9.17, 15) is 15.0 Å². The zero-order valence-electron chi connectivity index (χ0n) is 20.9. The second-order valence-corrected chi connectivity index (χ2v) is 8.99. The van der Waals surface area contributed by atoms with Gasteiger partial charge in [-0.1, -0.05) is 13.8 Å². The Morgan fingerprint density at radius 1 is 1.03 bits per heavy atom. The molecule has 4 N–H and O–H groups in total. The molecule has 0 spiro atoms. The summed E-state index contributed by atoms with van der Waals surface area (Å²) in [5.74, 6) is -0.434. The molecule has 0 radical (unpaired) electrons. The fourth-order valence-corrected chi connectivity index (χ4v) is 3.67. The number of carbonyl (C=O) groups excluding carboxylic acids is 1. The number of benzene rings is 2. The summed E-state index contributed by atoms with van der Waals surface area (Å²) in [6.45, 7) is 5.47. The lowest BCUT2D eigenvalue weighted by molar-refractivity contribution is 0.0932. The van der Waals surface area contributed by atoms with Crippen molar-refractivity contribution in [1.29, 1.82) is 0 Å². The number of aliphatic hydroxyl groups is 1. The zero-order valence-corrected chi connectivity index (χ0v) is 20.9. The van der Waals surface area contributed by atoms with Crippen molar-refractivity contribution in [3.05, 3.63) is 47.8 Å². The van der Waals surface area contributed by atoms with Gasteiger partial charge in [0.1, 0.15) is 11.5 Å². The molecule has 188 valence electrons. The second-order valence-electron chi connectivity index (χ2n) is 8.99. The lowest BCUT2D eigenvalue weighted by Gasteiger charge is -2.22. The highest BCUT2D eigenvalue weighted by molar-refractivity contribution is 5.92. The molecule has 0 atom stereocenters. The Morgan fingerprint density at radius 2 is 1.71 bits per heavy atom. The predicted octanol–water partition coefficient (Wildman–Crippen LogP) is 2.19. The normalized spacial score (nSPS) is 11.3. The Morgan fingerprint density at radius 3 is 2.31 bits per heavy atom. The van der Waals surface area contributed by atoms with Gasteiger partial charge < -0.3 is 30.4 Å². The predicted molar refractivity (Wildman–Crippen MR) is 135 cm³/mol. The molecule has 0 bridgehead atoms. The fourth-order valence-electron chi connectivity index (χ4n) is 3.67. The summed E-state index contributed by atoms with van der Waals surface area (Å²) in [6.07, 6.45) is 0. The Labute approximate surface area is 205 Å². The van der Waals surface area contributed by atoms with Gasteiger partial charge in [0.15, 0.2) is 5.82 Å². The molecular formula is C25H34N6O4. The van der Waals surface area contributed by atoms with E-state index in [1.54, 1.807) is 10.6 Å². The number of nitrogens with one attached hydrogen (secondary N) is 1. The van der Waals surface area contributed by atoms with Crippen molar-refractivity contribution in [2.24, 2.45) is 0 Å². The van der Waals surface area contributed by atoms with E-state index in [1.165, 1.54) is 6.07 Å². The van der Waals surface area contributed by atoms with Gasteiger partial charge in [-0.05, 0) is 55.9 Å². The van der Waals surface area contributed by atoms with Crippen LogP contribution in [0.25, 0.3) is 17.1 Å². The van der Waals surface area contributed by atoms with E-state index in [-0.39, 0.29) is 42.2 Å². The number of nitrogens with zero attached hydrogens (tertiary/aromatic N) is 5. The molecule has 0 aliphatic carbocycles. The molecule has 1 heterocycles. The third-order valence-electron chi connectivity index (χ3n) is 5.70. The first kappa shape index (κ1) is 26.0. The monoisotopic (exact) mass is 482 g/mol. The molecule has 0 saturated carbocycles. The van der Waals surface area contributed by atoms with E-state index in [0.717, 1.165) is 18.8 Å². The lowest BCUT2D eigenvalue weighted by atomic mass is 9.98. The molecule has 2 aromatic carbocycles. The Hall–Kier alpha value is -3.63. The van der Waals surface area contributed by atoms with Crippen LogP contribution in [0.2, 0.25) is 0 Å². The van der Waals surface area contributed by atoms with E-state index >= 15 is 0 Å². The van der Waals surface area contributed by atoms with Gasteiger partial charge in [0.25, 0.3) is 5.91 Å². The molecule has 35 heavy (non-hydrogen) atoms. The first-order valence-corrected chi connectivity index (χ1v) is 11.5. The smallest absolute Gasteiger partial charge is 0.289 e. The molecule has 1 amide bonds. The van der Waals surface area contributed by atoms with Crippen molar-refractivity contribution in [2.45, 2.75) is 19.8 Å². The van der Waals surface area contributed by atoms with Crippen molar-refractivity contribution in [2.75, 3.05) is 52.3 Å². The van der Waals surface area contributed by atoms with E-state index in [4.69, 9.17) is 5.11 Å². The summed E-state index contributed by atoms with van der Waals surface area (Å²) >= 11 is 0. The number of carbonyl (C=O) groups is 1. The number of amides is 1. The van der Waals surface area contributed by atoms with Crippen molar-refractivity contribution in [3.63, 3.8) is 0 Å². The van der Waals surface area contributed by atoms with Crippen LogP contribution < -0.4 is 10.2 Å². The molecule has 3 aromatic rings. The number of hydrogen-bond acceptors (Lipinski definition) is 8. The van der Waals surface area contributed by atoms with Gasteiger partial charge in [0, 0.05) is 44.1 Å². The van der Waals surface area contributed by atoms with Gasteiger partial charge in [-0.3, -0.25) is 9.36 Å². The Bertz CT molecular complexity index is 1160. The number of aromatic hydroxyl groups is 2. The van der Waals surface area contributed by atoms with E-state index < -0.39 is 5.91 Å². The van der Waals surface area contributed by atoms with Crippen molar-refractivity contribution in [1.82, 2.24) is 25.0 Å². The summed E-state index contributed by atoms with van der Waals surface area (Å²) < 4.78 is 1.56. The van der Waals surface area contributed by atoms with Crippen LogP contribution in [0.5, 0.6) is 11.5 Å². The van der Waals surface area contributed by atoms with Crippen LogP contribution in [-0.2, 0) is 0 Å². The first-order valence-electron chi connectivity index (χ1n) is 11.5. The number of hydrogen-bond donors (Lipinski definition) is 4. The molecule has 0 fully saturated rings. The molecule has 10 nitrogen and oxygen atoms in total. The average molecular weight is 483 g/mol. The van der Waals surface area contributed by atoms with Crippen molar-refractivity contribution >= 4 is 11.6 Å². The molecule has 10 heteroatoms. The van der Waals surface area contributed by atoms with E-state index in [0.29, 0.717) is 16.8 Å². The highest BCUT2D eigenvalue weighted by Crippen LogP contribution is 2.38. The van der Waals surface area contributed by atoms with Gasteiger partial charge in [0.05, 0.1) is 12.2 Å². The number of phenolic OH excluding ortho intramolecular Hbond substituents is 2. The molecular weight excluding hydrogens is 448 g/mol. The van der Waals surface area contributed by atoms with Gasteiger partial charge in [0.2, 0.25) is 5.82 Å². The van der Waals surface area contributed by atoms with Gasteiger partial charge in [-0.25, -0.2) is 0 Å². The summed E-state index contributed by atoms with van der Waals surface area (Å²) in [7, 11) is 6.06. The van der Waals surface area contributed by atoms with Crippen LogP contribution in [-0.4, -0.2) is 88.3 Å². The number of rotatable bonds is 10. The average Bonchev–Trinajstić information content (AvgIpc) is 3.25. The summed E-state index contributed by atoms with van der Waals surface area (Å²) in [4.78, 5) is 17.1. The molecule has 0 saturated heterocycles. The minimum absolute atomic E-state index is 0.00460. The largest absolute Gasteiger partial charge is 0.508 e. The minimum atomic E-state index is -0.507. The lowest BCUT2D eigenvalue weighted by Crippen LogP contribution is -2.29. The van der Waals surface area contributed by atoms with E-state index in [1.807, 2.05) is 59.3 Å². The van der Waals surface area contributed by atoms with Crippen LogP contribution in [0.4, 0.5) is 5.69 Å². The minimum Gasteiger partial charge on any atom is -0.508 e. The summed E-state index contributed by atoms with van der Waals surface area (Å²) in [5, 5.41) is 41.0. The maximum absolute atomic E-state index is 12.8. The van der Waals surface area contributed by atoms with Crippen LogP contribution >= 0.6 is 0 Å². The number of likely N-dealkylation sites (N-methyl/N-ethyl adjacent to an activating group) is 2. The molecule has 1 aromatic heterocycles. The summed E-state index contributed by atoms with van der Waals surface area (Å²) in [6, 6.07) is 10.5. The maximum Gasteiger partial charge on any atom is 0.289 e. The molecule has 0 aliphatic heterocycles. The van der Waals surface area contributed by atoms with Crippen LogP contribution in [0.3, 0.4) is 0 Å². The number of aliphatic hydroxyl groups excluding tert-OH is 1. The van der Waals surface area contributed by atoms with Crippen LogP contribution in [0, 0.1) is 0 Å². The quantitative estimate of drug-likeness (QED) is 0.346. The molecule has 0 unspecified atom stereocenters. The Kier molecular flexibility index (Phi) is 8.31. The second kappa shape index (κ2) is 11.2. The van der Waals surface area contributed by atoms with Gasteiger partial charge >= 0.3 is 0 Å². The number of aromatic nitrogens is 3. The number of anilines is 1. The topological polar surface area (TPSA) is 127 Å². The highest BCUT2D eigenvalue weighted by Gasteiger charge is 2.24. The molecule has 0 aliphatic rings. The van der Waals surface area contributed by atoms with Gasteiger partial charge in [-0.2, -0.15) is 0 Å². The van der Waals surface area contributed by atoms with E-state index in [2.05, 4.69) is 25.3 Å². The third kappa shape index (κ3) is 5.90. The standard InChI is InChI=1S/C25H34N6O4/c1-16(2)19-14-20(22(34)15-21(19)33)23-27-28-24(25(35)26-10-13-32)31(23)18-8-6-17(7-9-18)30(5)12-11-29(3)4/h6-9,14-16,32-34H,10-13H2,1-5H3,(H,26,35). The number of phenols is 2. The summed E-state index contributed by atoms with van der Waals surface area (Å²) in [5.41, 5.74) is 2.61. The van der Waals surface area contributed by atoms with Crippen LogP contribution in [0.15, 0.2) is 36.4 Å². The zero-order chi connectivity index (χ0) is 25.7. The first-order chi connectivity index (χ1) is 16.6. The van der Waals surface area contributed by atoms with Crippen molar-refractivity contribution < 1.29 is 20.1 Å². The SMILES string of the molecule is CC(C)c1cc(-c2nnc(C(=O)NCCO)n2-c2ccc(N(C)CCN(C)C)cc2)c(O)cc1O. The third-order valence-corrected chi connectivity index (χ3v) is 5.70. The Balaban J connectivity index is 2.10. The fraction of sp³-hybridized carbons (Fsp3) is 0.400. The van der Waals surface area contributed by atoms with Crippen molar-refractivity contribution in [3.8, 4) is 28.6 Å². The molecule has 3 rings (SSSR count). The van der Waals surface area contributed by atoms with Gasteiger partial charge in [-0.15, -0.1) is 10.2 Å². The van der Waals surface area contributed by atoms with Crippen LogP contribution in [0.1, 0.15) is 35.9 Å².